The fraction of sp³-hybridized carbons (Fsp3) is 0.737. The van der Waals surface area contributed by atoms with Gasteiger partial charge in [0.1, 0.15) is 0 Å². The lowest BCUT2D eigenvalue weighted by molar-refractivity contribution is 0.0177. The van der Waals surface area contributed by atoms with Gasteiger partial charge in [0, 0.05) is 38.1 Å². The van der Waals surface area contributed by atoms with Gasteiger partial charge in [-0.1, -0.05) is 19.9 Å². The van der Waals surface area contributed by atoms with E-state index < -0.39 is 0 Å². The van der Waals surface area contributed by atoms with Crippen molar-refractivity contribution in [2.45, 2.75) is 26.3 Å². The average Bonchev–Trinajstić information content (AvgIpc) is 3.22. The van der Waals surface area contributed by atoms with Crippen LogP contribution >= 0.6 is 35.3 Å². The zero-order valence-electron chi connectivity index (χ0n) is 16.9. The molecule has 1 atom stereocenters. The highest BCUT2D eigenvalue weighted by Crippen LogP contribution is 2.25. The van der Waals surface area contributed by atoms with Crippen molar-refractivity contribution in [2.24, 2.45) is 4.99 Å². The van der Waals surface area contributed by atoms with Crippen molar-refractivity contribution in [3.8, 4) is 0 Å². The van der Waals surface area contributed by atoms with E-state index in [4.69, 9.17) is 4.74 Å². The molecule has 0 saturated carbocycles. The SMILES string of the molecule is CCN(CC)CCCNC(=NC)NCC(c1cccs1)N1CCOCC1.I. The van der Waals surface area contributed by atoms with Crippen LogP contribution in [0.4, 0.5) is 0 Å². The van der Waals surface area contributed by atoms with E-state index in [-0.39, 0.29) is 24.0 Å². The number of morpholine rings is 1. The second-order valence-electron chi connectivity index (χ2n) is 6.44. The van der Waals surface area contributed by atoms with Gasteiger partial charge in [-0.25, -0.2) is 0 Å². The zero-order valence-corrected chi connectivity index (χ0v) is 20.1. The number of aliphatic imine (C=N–C) groups is 1. The molecule has 0 aliphatic carbocycles. The van der Waals surface area contributed by atoms with Gasteiger partial charge in [-0.3, -0.25) is 9.89 Å². The van der Waals surface area contributed by atoms with Gasteiger partial charge in [0.25, 0.3) is 0 Å². The fourth-order valence-corrected chi connectivity index (χ4v) is 4.10. The molecule has 1 unspecified atom stereocenters. The summed E-state index contributed by atoms with van der Waals surface area (Å²) >= 11 is 1.83. The highest BCUT2D eigenvalue weighted by Gasteiger charge is 2.23. The Morgan fingerprint density at radius 3 is 2.63 bits per heavy atom. The van der Waals surface area contributed by atoms with Gasteiger partial charge in [0.05, 0.1) is 19.3 Å². The van der Waals surface area contributed by atoms with E-state index in [1.807, 2.05) is 18.4 Å². The fourth-order valence-electron chi connectivity index (χ4n) is 3.24. The predicted molar refractivity (Wildman–Crippen MR) is 127 cm³/mol. The third-order valence-corrected chi connectivity index (χ3v) is 5.86. The van der Waals surface area contributed by atoms with E-state index in [2.05, 4.69) is 56.8 Å². The first kappa shape index (κ1) is 24.6. The third kappa shape index (κ3) is 8.64. The number of rotatable bonds is 10. The number of thiophene rings is 1. The number of guanidine groups is 1. The minimum Gasteiger partial charge on any atom is -0.379 e. The van der Waals surface area contributed by atoms with Crippen LogP contribution in [0.1, 0.15) is 31.2 Å². The Balaban J connectivity index is 0.00000364. The summed E-state index contributed by atoms with van der Waals surface area (Å²) in [4.78, 5) is 10.7. The van der Waals surface area contributed by atoms with E-state index in [9.17, 15) is 0 Å². The summed E-state index contributed by atoms with van der Waals surface area (Å²) in [6.07, 6.45) is 1.13. The molecule has 156 valence electrons. The lowest BCUT2D eigenvalue weighted by Gasteiger charge is -2.34. The van der Waals surface area contributed by atoms with Gasteiger partial charge in [-0.05, 0) is 37.5 Å². The lowest BCUT2D eigenvalue weighted by atomic mass is 10.2. The summed E-state index contributed by atoms with van der Waals surface area (Å²) in [5.74, 6) is 0.888. The average molecular weight is 510 g/mol. The topological polar surface area (TPSA) is 52.1 Å². The minimum atomic E-state index is 0. The first-order valence-electron chi connectivity index (χ1n) is 9.80. The molecule has 1 saturated heterocycles. The number of hydrogen-bond donors (Lipinski definition) is 2. The summed E-state index contributed by atoms with van der Waals surface area (Å²) < 4.78 is 5.52. The molecule has 8 heteroatoms. The summed E-state index contributed by atoms with van der Waals surface area (Å²) in [7, 11) is 1.84. The molecule has 0 spiro atoms. The summed E-state index contributed by atoms with van der Waals surface area (Å²) in [5.41, 5.74) is 0. The number of halogens is 1. The number of nitrogens with zero attached hydrogens (tertiary/aromatic N) is 3. The largest absolute Gasteiger partial charge is 0.379 e. The highest BCUT2D eigenvalue weighted by atomic mass is 127. The van der Waals surface area contributed by atoms with Crippen molar-refractivity contribution < 1.29 is 4.74 Å². The molecule has 2 rings (SSSR count). The van der Waals surface area contributed by atoms with Gasteiger partial charge >= 0.3 is 0 Å². The molecule has 1 fully saturated rings. The first-order chi connectivity index (χ1) is 12.8. The van der Waals surface area contributed by atoms with Gasteiger partial charge in [0.15, 0.2) is 5.96 Å². The number of ether oxygens (including phenoxy) is 1. The lowest BCUT2D eigenvalue weighted by Crippen LogP contribution is -2.46. The van der Waals surface area contributed by atoms with Crippen LogP contribution in [0.15, 0.2) is 22.5 Å². The molecule has 27 heavy (non-hydrogen) atoms. The van der Waals surface area contributed by atoms with Crippen molar-refractivity contribution in [1.29, 1.82) is 0 Å². The Hall–Kier alpha value is -0.420. The minimum absolute atomic E-state index is 0. The smallest absolute Gasteiger partial charge is 0.191 e. The van der Waals surface area contributed by atoms with Crippen molar-refractivity contribution in [2.75, 3.05) is 66.1 Å². The molecule has 0 radical (unpaired) electrons. The molecule has 1 aromatic rings. The predicted octanol–water partition coefficient (Wildman–Crippen LogP) is 2.64. The number of hydrogen-bond acceptors (Lipinski definition) is 5. The van der Waals surface area contributed by atoms with Crippen molar-refractivity contribution in [3.05, 3.63) is 22.4 Å². The molecular formula is C19H36IN5OS. The molecule has 1 aliphatic heterocycles. The monoisotopic (exact) mass is 509 g/mol. The maximum atomic E-state index is 5.52. The van der Waals surface area contributed by atoms with Crippen LogP contribution in [0.5, 0.6) is 0 Å². The van der Waals surface area contributed by atoms with Crippen LogP contribution in [-0.4, -0.2) is 81.8 Å². The van der Waals surface area contributed by atoms with E-state index in [1.54, 1.807) is 0 Å². The molecule has 1 aromatic heterocycles. The molecule has 1 aliphatic rings. The Bertz CT molecular complexity index is 504. The normalized spacial score (nSPS) is 16.8. The molecule has 2 heterocycles. The Kier molecular flexibility index (Phi) is 13.3. The van der Waals surface area contributed by atoms with Crippen LogP contribution in [0, 0.1) is 0 Å². The van der Waals surface area contributed by atoms with Crippen molar-refractivity contribution in [3.63, 3.8) is 0 Å². The number of nitrogens with one attached hydrogen (secondary N) is 2. The summed E-state index contributed by atoms with van der Waals surface area (Å²) in [6, 6.07) is 4.73. The van der Waals surface area contributed by atoms with E-state index >= 15 is 0 Å². The van der Waals surface area contributed by atoms with E-state index in [1.165, 1.54) is 4.88 Å². The third-order valence-electron chi connectivity index (χ3n) is 4.88. The van der Waals surface area contributed by atoms with Gasteiger partial charge in [0.2, 0.25) is 0 Å². The summed E-state index contributed by atoms with van der Waals surface area (Å²) in [5, 5.41) is 9.13. The Morgan fingerprint density at radius 1 is 1.30 bits per heavy atom. The van der Waals surface area contributed by atoms with Gasteiger partial charge < -0.3 is 20.3 Å². The van der Waals surface area contributed by atoms with Crippen LogP contribution in [0.3, 0.4) is 0 Å². The van der Waals surface area contributed by atoms with E-state index in [0.717, 1.165) is 71.4 Å². The zero-order chi connectivity index (χ0) is 18.6. The highest BCUT2D eigenvalue weighted by molar-refractivity contribution is 14.0. The molecule has 0 aromatic carbocycles. The maximum Gasteiger partial charge on any atom is 0.191 e. The molecule has 6 nitrogen and oxygen atoms in total. The second kappa shape index (κ2) is 14.6. The first-order valence-corrected chi connectivity index (χ1v) is 10.7. The molecular weight excluding hydrogens is 473 g/mol. The standard InChI is InChI=1S/C19H35N5OS.HI/c1-4-23(5-2)10-7-9-21-19(20-3)22-16-17(18-8-6-15-26-18)24-11-13-25-14-12-24;/h6,8,15,17H,4-5,7,9-14,16H2,1-3H3,(H2,20,21,22);1H. The van der Waals surface area contributed by atoms with Crippen LogP contribution in [0.25, 0.3) is 0 Å². The molecule has 2 N–H and O–H groups in total. The van der Waals surface area contributed by atoms with Gasteiger partial charge in [-0.2, -0.15) is 0 Å². The quantitative estimate of drug-likeness (QED) is 0.220. The van der Waals surface area contributed by atoms with E-state index in [0.29, 0.717) is 6.04 Å². The van der Waals surface area contributed by atoms with Crippen LogP contribution < -0.4 is 10.6 Å². The van der Waals surface area contributed by atoms with Crippen LogP contribution in [-0.2, 0) is 4.74 Å². The van der Waals surface area contributed by atoms with Crippen molar-refractivity contribution >= 4 is 41.3 Å². The van der Waals surface area contributed by atoms with Crippen molar-refractivity contribution in [1.82, 2.24) is 20.4 Å². The molecule has 0 amide bonds. The van der Waals surface area contributed by atoms with Crippen LogP contribution in [0.2, 0.25) is 0 Å². The Morgan fingerprint density at radius 2 is 2.04 bits per heavy atom. The Labute approximate surface area is 185 Å². The maximum absolute atomic E-state index is 5.52. The van der Waals surface area contributed by atoms with Gasteiger partial charge in [-0.15, -0.1) is 35.3 Å². The summed E-state index contributed by atoms with van der Waals surface area (Å²) in [6.45, 7) is 13.2. The second-order valence-corrected chi connectivity index (χ2v) is 7.42. The molecule has 0 bridgehead atoms.